The Morgan fingerprint density at radius 2 is 1.76 bits per heavy atom. The minimum Gasteiger partial charge on any atom is -0.479 e. The third-order valence-corrected chi connectivity index (χ3v) is 8.50. The minimum atomic E-state index is -1.64. The van der Waals surface area contributed by atoms with E-state index in [0.29, 0.717) is 18.3 Å². The highest BCUT2D eigenvalue weighted by Crippen LogP contribution is 2.62. The second-order valence-corrected chi connectivity index (χ2v) is 10.8. The van der Waals surface area contributed by atoms with Crippen LogP contribution in [0.3, 0.4) is 0 Å². The molecule has 0 aromatic heterocycles. The van der Waals surface area contributed by atoms with Crippen molar-refractivity contribution in [3.63, 3.8) is 0 Å². The quantitative estimate of drug-likeness (QED) is 0.296. The van der Waals surface area contributed by atoms with Crippen LogP contribution < -0.4 is 0 Å². The van der Waals surface area contributed by atoms with Gasteiger partial charge in [0.1, 0.15) is 24.4 Å². The van der Waals surface area contributed by atoms with Crippen molar-refractivity contribution in [3.8, 4) is 0 Å². The monoisotopic (exact) mass is 434 g/mol. The van der Waals surface area contributed by atoms with Gasteiger partial charge in [0.25, 0.3) is 0 Å². The van der Waals surface area contributed by atoms with Crippen LogP contribution in [0.1, 0.15) is 38.5 Å². The molecule has 0 radical (unpaired) electrons. The van der Waals surface area contributed by atoms with Gasteiger partial charge in [-0.1, -0.05) is 0 Å². The van der Waals surface area contributed by atoms with Crippen LogP contribution in [0.2, 0.25) is 0 Å². The topological polar surface area (TPSA) is 157 Å². The normalized spacial score (nSPS) is 49.9. The first-order chi connectivity index (χ1) is 13.6. The maximum atomic E-state index is 11.8. The van der Waals surface area contributed by atoms with E-state index in [4.69, 9.17) is 9.47 Å². The van der Waals surface area contributed by atoms with Gasteiger partial charge in [-0.05, 0) is 50.4 Å². The molecule has 10 atom stereocenters. The van der Waals surface area contributed by atoms with Crippen LogP contribution in [-0.2, 0) is 14.3 Å². The number of ether oxygens (including phenoxy) is 2. The lowest BCUT2D eigenvalue weighted by atomic mass is 9.54. The lowest BCUT2D eigenvalue weighted by Gasteiger charge is -2.60. The zero-order valence-electron chi connectivity index (χ0n) is 16.1. The fraction of sp³-hybridized carbons (Fsp3) is 0.947. The van der Waals surface area contributed by atoms with Crippen LogP contribution in [0.4, 0.5) is 0 Å². The van der Waals surface area contributed by atoms with Crippen molar-refractivity contribution < 1.29 is 44.9 Å². The van der Waals surface area contributed by atoms with Gasteiger partial charge in [0.05, 0.1) is 12.2 Å². The van der Waals surface area contributed by atoms with Crippen molar-refractivity contribution in [2.45, 2.75) is 85.7 Å². The van der Waals surface area contributed by atoms with E-state index >= 15 is 0 Å². The number of aliphatic carboxylic acids is 1. The second-order valence-electron chi connectivity index (χ2n) is 9.34. The molecule has 0 aromatic carbocycles. The highest BCUT2D eigenvalue weighted by molar-refractivity contribution is 8.00. The molecule has 166 valence electrons. The van der Waals surface area contributed by atoms with Crippen molar-refractivity contribution in [2.24, 2.45) is 11.8 Å². The fourth-order valence-corrected chi connectivity index (χ4v) is 7.87. The Hall–Kier alpha value is -0.460. The molecule has 4 bridgehead atoms. The molecule has 5 fully saturated rings. The number of carbonyl (C=O) groups is 1. The van der Waals surface area contributed by atoms with Gasteiger partial charge in [-0.3, -0.25) is 0 Å². The summed E-state index contributed by atoms with van der Waals surface area (Å²) in [6.07, 6.45) is -3.35. The van der Waals surface area contributed by atoms with Crippen molar-refractivity contribution in [1.82, 2.24) is 0 Å². The number of carboxylic acids is 1. The summed E-state index contributed by atoms with van der Waals surface area (Å²) < 4.78 is 10.6. The Kier molecular flexibility index (Phi) is 5.93. The SMILES string of the molecule is O=C(O)C(CSC12C[C@@H]3C[C@@H](CC(O)(C3)C1)C2)O[C@@H]1O[C@H](CO)[C@@H](O)[C@H](O)[C@H]1O. The standard InChI is InChI=1S/C19H30O9S/c20-6-11-13(21)14(22)15(23)17(27-11)28-12(16(24)25)7-29-19-4-9-1-10(5-19)3-18(26,2-9)8-19/h9-15,17,20-23,26H,1-8H2,(H,24,25)/t9-,10+,11-,12?,13-,14+,15-,17+,18?,19?/m1/s1. The molecular weight excluding hydrogens is 404 g/mol. The van der Waals surface area contributed by atoms with Gasteiger partial charge in [-0.2, -0.15) is 11.8 Å². The third kappa shape index (κ3) is 4.18. The van der Waals surface area contributed by atoms with Gasteiger partial charge in [-0.15, -0.1) is 0 Å². The summed E-state index contributed by atoms with van der Waals surface area (Å²) in [6.45, 7) is -0.609. The van der Waals surface area contributed by atoms with Gasteiger partial charge in [0.2, 0.25) is 0 Å². The zero-order chi connectivity index (χ0) is 21.0. The molecule has 0 amide bonds. The average molecular weight is 435 g/mol. The van der Waals surface area contributed by atoms with Gasteiger partial charge in [-0.25, -0.2) is 4.79 Å². The molecule has 6 N–H and O–H groups in total. The number of aliphatic hydroxyl groups is 5. The summed E-state index contributed by atoms with van der Waals surface area (Å²) in [6, 6.07) is 0. The Bertz CT molecular complexity index is 615. The number of rotatable bonds is 7. The highest BCUT2D eigenvalue weighted by Gasteiger charge is 2.57. The Morgan fingerprint density at radius 3 is 2.31 bits per heavy atom. The van der Waals surface area contributed by atoms with E-state index in [1.807, 2.05) is 0 Å². The third-order valence-electron chi connectivity index (χ3n) is 6.94. The van der Waals surface area contributed by atoms with Crippen molar-refractivity contribution in [3.05, 3.63) is 0 Å². The molecule has 4 saturated carbocycles. The van der Waals surface area contributed by atoms with Crippen LogP contribution in [0, 0.1) is 11.8 Å². The fourth-order valence-electron chi connectivity index (χ4n) is 6.06. The molecule has 4 aliphatic carbocycles. The van der Waals surface area contributed by atoms with E-state index in [0.717, 1.165) is 32.1 Å². The molecule has 3 unspecified atom stereocenters. The Labute approximate surface area is 173 Å². The first-order valence-electron chi connectivity index (χ1n) is 10.2. The van der Waals surface area contributed by atoms with Crippen LogP contribution in [-0.4, -0.2) is 96.1 Å². The highest BCUT2D eigenvalue weighted by atomic mass is 32.2. The Morgan fingerprint density at radius 1 is 1.10 bits per heavy atom. The van der Waals surface area contributed by atoms with E-state index in [2.05, 4.69) is 0 Å². The summed E-state index contributed by atoms with van der Waals surface area (Å²) in [4.78, 5) is 11.8. The van der Waals surface area contributed by atoms with Crippen molar-refractivity contribution in [1.29, 1.82) is 0 Å². The maximum Gasteiger partial charge on any atom is 0.333 e. The van der Waals surface area contributed by atoms with Gasteiger partial charge < -0.3 is 40.1 Å². The van der Waals surface area contributed by atoms with E-state index in [1.165, 1.54) is 11.8 Å². The zero-order valence-corrected chi connectivity index (χ0v) is 16.9. The molecule has 10 heteroatoms. The molecular formula is C19H30O9S. The largest absolute Gasteiger partial charge is 0.479 e. The van der Waals surface area contributed by atoms with Crippen molar-refractivity contribution >= 4 is 17.7 Å². The summed E-state index contributed by atoms with van der Waals surface area (Å²) in [7, 11) is 0. The van der Waals surface area contributed by atoms with Crippen LogP contribution in [0.5, 0.6) is 0 Å². The predicted molar refractivity (Wildman–Crippen MR) is 101 cm³/mol. The predicted octanol–water partition coefficient (Wildman–Crippen LogP) is -0.927. The number of hydrogen-bond acceptors (Lipinski definition) is 9. The maximum absolute atomic E-state index is 11.8. The molecule has 0 aromatic rings. The van der Waals surface area contributed by atoms with E-state index < -0.39 is 55.0 Å². The van der Waals surface area contributed by atoms with Crippen LogP contribution >= 0.6 is 11.8 Å². The molecule has 5 rings (SSSR count). The summed E-state index contributed by atoms with van der Waals surface area (Å²) in [5.41, 5.74) is -0.645. The van der Waals surface area contributed by atoms with E-state index in [9.17, 15) is 35.4 Å². The Balaban J connectivity index is 1.41. The van der Waals surface area contributed by atoms with Crippen molar-refractivity contribution in [2.75, 3.05) is 12.4 Å². The first kappa shape index (κ1) is 21.8. The summed E-state index contributed by atoms with van der Waals surface area (Å²) in [5, 5.41) is 59.6. The van der Waals surface area contributed by atoms with Gasteiger partial charge >= 0.3 is 5.97 Å². The molecule has 5 aliphatic rings. The molecule has 29 heavy (non-hydrogen) atoms. The second kappa shape index (κ2) is 7.90. The molecule has 1 heterocycles. The molecule has 1 aliphatic heterocycles. The van der Waals surface area contributed by atoms with Crippen LogP contribution in [0.25, 0.3) is 0 Å². The lowest BCUT2D eigenvalue weighted by molar-refractivity contribution is -0.308. The van der Waals surface area contributed by atoms with E-state index in [-0.39, 0.29) is 10.5 Å². The van der Waals surface area contributed by atoms with Gasteiger partial charge in [0.15, 0.2) is 12.4 Å². The number of aliphatic hydroxyl groups excluding tert-OH is 4. The molecule has 9 nitrogen and oxygen atoms in total. The summed E-state index contributed by atoms with van der Waals surface area (Å²) >= 11 is 1.50. The number of carboxylic acid groups (broad SMARTS) is 1. The van der Waals surface area contributed by atoms with E-state index in [1.54, 1.807) is 0 Å². The molecule has 0 spiro atoms. The minimum absolute atomic E-state index is 0.111. The smallest absolute Gasteiger partial charge is 0.333 e. The lowest BCUT2D eigenvalue weighted by Crippen LogP contribution is -2.60. The number of hydrogen-bond donors (Lipinski definition) is 6. The van der Waals surface area contributed by atoms with Crippen LogP contribution in [0.15, 0.2) is 0 Å². The molecule has 1 saturated heterocycles. The first-order valence-corrected chi connectivity index (χ1v) is 11.2. The number of thioether (sulfide) groups is 1. The average Bonchev–Trinajstić information content (AvgIpc) is 2.62. The summed E-state index contributed by atoms with van der Waals surface area (Å²) in [5.74, 6) is -0.162. The van der Waals surface area contributed by atoms with Gasteiger partial charge in [0, 0.05) is 10.5 Å².